The van der Waals surface area contributed by atoms with Crippen LogP contribution in [0.5, 0.6) is 0 Å². The summed E-state index contributed by atoms with van der Waals surface area (Å²) in [5.74, 6) is -2.24. The molecule has 1 heterocycles. The van der Waals surface area contributed by atoms with Gasteiger partial charge < -0.3 is 15.2 Å². The van der Waals surface area contributed by atoms with Gasteiger partial charge in [0.25, 0.3) is 5.56 Å². The molecule has 2 amide bonds. The third-order valence-corrected chi connectivity index (χ3v) is 5.39. The van der Waals surface area contributed by atoms with Crippen molar-refractivity contribution in [2.24, 2.45) is 5.92 Å². The first-order valence-corrected chi connectivity index (χ1v) is 10.1. The van der Waals surface area contributed by atoms with Crippen LogP contribution in [0.15, 0.2) is 47.4 Å². The summed E-state index contributed by atoms with van der Waals surface area (Å²) < 4.78 is 27.7. The van der Waals surface area contributed by atoms with Gasteiger partial charge in [-0.3, -0.25) is 14.4 Å². The summed E-state index contributed by atoms with van der Waals surface area (Å²) in [4.78, 5) is 36.2. The SMILES string of the molecule is O=C(CCn1ccccc1=O)NC1CCC(C(=O)NCc2ccc(F)c(F)c2)CC1. The van der Waals surface area contributed by atoms with E-state index in [-0.39, 0.29) is 42.3 Å². The molecule has 1 saturated carbocycles. The number of hydrogen-bond donors (Lipinski definition) is 2. The van der Waals surface area contributed by atoms with Crippen molar-refractivity contribution in [1.82, 2.24) is 15.2 Å². The number of nitrogens with one attached hydrogen (secondary N) is 2. The molecule has 0 radical (unpaired) electrons. The highest BCUT2D eigenvalue weighted by Gasteiger charge is 2.27. The van der Waals surface area contributed by atoms with E-state index in [0.29, 0.717) is 37.8 Å². The normalized spacial score (nSPS) is 18.6. The van der Waals surface area contributed by atoms with Gasteiger partial charge in [-0.15, -0.1) is 0 Å². The number of nitrogens with zero attached hydrogens (tertiary/aromatic N) is 1. The van der Waals surface area contributed by atoms with Gasteiger partial charge in [0.05, 0.1) is 0 Å². The first-order valence-electron chi connectivity index (χ1n) is 10.1. The Morgan fingerprint density at radius 3 is 2.50 bits per heavy atom. The fourth-order valence-corrected chi connectivity index (χ4v) is 3.65. The molecule has 6 nitrogen and oxygen atoms in total. The monoisotopic (exact) mass is 417 g/mol. The fraction of sp³-hybridized carbons (Fsp3) is 0.409. The van der Waals surface area contributed by atoms with E-state index < -0.39 is 11.6 Å². The maximum atomic E-state index is 13.2. The topological polar surface area (TPSA) is 80.2 Å². The Bertz CT molecular complexity index is 953. The Kier molecular flexibility index (Phi) is 7.32. The molecule has 0 aliphatic heterocycles. The summed E-state index contributed by atoms with van der Waals surface area (Å²) in [7, 11) is 0. The summed E-state index contributed by atoms with van der Waals surface area (Å²) in [6.07, 6.45) is 4.55. The van der Waals surface area contributed by atoms with Crippen molar-refractivity contribution >= 4 is 11.8 Å². The van der Waals surface area contributed by atoms with Crippen molar-refractivity contribution in [2.75, 3.05) is 0 Å². The Morgan fingerprint density at radius 2 is 1.80 bits per heavy atom. The summed E-state index contributed by atoms with van der Waals surface area (Å²) in [6.45, 7) is 0.471. The summed E-state index contributed by atoms with van der Waals surface area (Å²) in [6, 6.07) is 8.43. The average molecular weight is 417 g/mol. The minimum absolute atomic E-state index is 0.0141. The van der Waals surface area contributed by atoms with Gasteiger partial charge in [-0.05, 0) is 49.4 Å². The first kappa shape index (κ1) is 21.7. The van der Waals surface area contributed by atoms with Crippen molar-refractivity contribution in [3.05, 3.63) is 70.1 Å². The zero-order valence-corrected chi connectivity index (χ0v) is 16.6. The molecule has 1 aromatic heterocycles. The second-order valence-corrected chi connectivity index (χ2v) is 7.56. The minimum Gasteiger partial charge on any atom is -0.353 e. The number of benzene rings is 1. The lowest BCUT2D eigenvalue weighted by Gasteiger charge is -2.28. The first-order chi connectivity index (χ1) is 14.4. The molecular weight excluding hydrogens is 392 g/mol. The predicted molar refractivity (Wildman–Crippen MR) is 107 cm³/mol. The van der Waals surface area contributed by atoms with Crippen LogP contribution in [0, 0.1) is 17.6 Å². The van der Waals surface area contributed by atoms with Gasteiger partial charge in [-0.2, -0.15) is 0 Å². The molecule has 2 N–H and O–H groups in total. The number of aromatic nitrogens is 1. The van der Waals surface area contributed by atoms with E-state index in [4.69, 9.17) is 0 Å². The van der Waals surface area contributed by atoms with Crippen LogP contribution in [0.25, 0.3) is 0 Å². The van der Waals surface area contributed by atoms with Gasteiger partial charge in [-0.1, -0.05) is 12.1 Å². The molecule has 1 aromatic carbocycles. The van der Waals surface area contributed by atoms with E-state index in [1.54, 1.807) is 18.3 Å². The minimum atomic E-state index is -0.935. The fourth-order valence-electron chi connectivity index (χ4n) is 3.65. The maximum Gasteiger partial charge on any atom is 0.250 e. The van der Waals surface area contributed by atoms with Gasteiger partial charge in [0.2, 0.25) is 11.8 Å². The van der Waals surface area contributed by atoms with Crippen LogP contribution in [0.1, 0.15) is 37.7 Å². The molecule has 1 aliphatic carbocycles. The highest BCUT2D eigenvalue weighted by Crippen LogP contribution is 2.24. The second kappa shape index (κ2) is 10.1. The predicted octanol–water partition coefficient (Wildman–Crippen LogP) is 2.51. The maximum absolute atomic E-state index is 13.2. The Labute approximate surface area is 173 Å². The van der Waals surface area contributed by atoms with E-state index in [9.17, 15) is 23.2 Å². The van der Waals surface area contributed by atoms with Crippen LogP contribution in [-0.2, 0) is 22.7 Å². The van der Waals surface area contributed by atoms with Gasteiger partial charge in [0, 0.05) is 43.7 Å². The Morgan fingerprint density at radius 1 is 1.03 bits per heavy atom. The number of carbonyl (C=O) groups is 2. The summed E-state index contributed by atoms with van der Waals surface area (Å²) in [5.41, 5.74) is 0.362. The van der Waals surface area contributed by atoms with Gasteiger partial charge in [0.15, 0.2) is 11.6 Å². The van der Waals surface area contributed by atoms with Gasteiger partial charge in [0.1, 0.15) is 0 Å². The molecule has 2 aromatic rings. The van der Waals surface area contributed by atoms with Crippen LogP contribution in [-0.4, -0.2) is 22.4 Å². The number of carbonyl (C=O) groups excluding carboxylic acids is 2. The summed E-state index contributed by atoms with van der Waals surface area (Å²) >= 11 is 0. The number of amides is 2. The average Bonchev–Trinajstić information content (AvgIpc) is 2.74. The van der Waals surface area contributed by atoms with E-state index >= 15 is 0 Å². The standard InChI is InChI=1S/C22H25F2N3O3/c23-18-9-4-15(13-19(18)24)14-25-22(30)16-5-7-17(8-6-16)26-20(28)10-12-27-11-2-1-3-21(27)29/h1-4,9,11,13,16-17H,5-8,10,12,14H2,(H,25,30)(H,26,28). The van der Waals surface area contributed by atoms with E-state index in [1.165, 1.54) is 16.7 Å². The molecule has 1 aliphatic rings. The molecule has 1 fully saturated rings. The van der Waals surface area contributed by atoms with Crippen molar-refractivity contribution in [3.8, 4) is 0 Å². The second-order valence-electron chi connectivity index (χ2n) is 7.56. The molecule has 8 heteroatoms. The van der Waals surface area contributed by atoms with E-state index in [2.05, 4.69) is 10.6 Å². The highest BCUT2D eigenvalue weighted by atomic mass is 19.2. The van der Waals surface area contributed by atoms with E-state index in [1.807, 2.05) is 0 Å². The highest BCUT2D eigenvalue weighted by molar-refractivity contribution is 5.79. The van der Waals surface area contributed by atoms with Gasteiger partial charge in [-0.25, -0.2) is 8.78 Å². The van der Waals surface area contributed by atoms with Crippen LogP contribution in [0.3, 0.4) is 0 Å². The lowest BCUT2D eigenvalue weighted by atomic mass is 9.85. The molecular formula is C22H25F2N3O3. The van der Waals surface area contributed by atoms with Crippen molar-refractivity contribution in [2.45, 2.75) is 51.2 Å². The molecule has 0 unspecified atom stereocenters. The lowest BCUT2D eigenvalue weighted by molar-refractivity contribution is -0.126. The molecule has 0 spiro atoms. The smallest absolute Gasteiger partial charge is 0.250 e. The van der Waals surface area contributed by atoms with Crippen molar-refractivity contribution in [3.63, 3.8) is 0 Å². The van der Waals surface area contributed by atoms with Crippen LogP contribution >= 0.6 is 0 Å². The third kappa shape index (κ3) is 5.98. The molecule has 0 bridgehead atoms. The largest absolute Gasteiger partial charge is 0.353 e. The summed E-state index contributed by atoms with van der Waals surface area (Å²) in [5, 5.41) is 5.74. The number of hydrogen-bond acceptors (Lipinski definition) is 3. The molecule has 160 valence electrons. The van der Waals surface area contributed by atoms with Crippen molar-refractivity contribution in [1.29, 1.82) is 0 Å². The van der Waals surface area contributed by atoms with Crippen LogP contribution in [0.2, 0.25) is 0 Å². The quantitative estimate of drug-likeness (QED) is 0.727. The molecule has 0 atom stereocenters. The van der Waals surface area contributed by atoms with Crippen LogP contribution in [0.4, 0.5) is 8.78 Å². The Hall–Kier alpha value is -3.03. The Balaban J connectivity index is 1.38. The number of aryl methyl sites for hydroxylation is 1. The zero-order valence-electron chi connectivity index (χ0n) is 16.6. The number of halogens is 2. The molecule has 3 rings (SSSR count). The number of pyridine rings is 1. The van der Waals surface area contributed by atoms with Crippen molar-refractivity contribution < 1.29 is 18.4 Å². The zero-order chi connectivity index (χ0) is 21.5. The lowest BCUT2D eigenvalue weighted by Crippen LogP contribution is -2.41. The van der Waals surface area contributed by atoms with Gasteiger partial charge >= 0.3 is 0 Å². The number of rotatable bonds is 7. The van der Waals surface area contributed by atoms with Crippen LogP contribution < -0.4 is 16.2 Å². The third-order valence-electron chi connectivity index (χ3n) is 5.39. The molecule has 0 saturated heterocycles. The van der Waals surface area contributed by atoms with E-state index in [0.717, 1.165) is 12.1 Å². The molecule has 30 heavy (non-hydrogen) atoms.